The summed E-state index contributed by atoms with van der Waals surface area (Å²) >= 11 is 5.85. The number of halogens is 1. The van der Waals surface area contributed by atoms with Gasteiger partial charge in [0, 0.05) is 5.02 Å². The second-order valence-electron chi connectivity index (χ2n) is 7.97. The Morgan fingerprint density at radius 3 is 2.38 bits per heavy atom. The molecule has 0 spiro atoms. The molecule has 194 valence electrons. The molecule has 3 aromatic rings. The van der Waals surface area contributed by atoms with Gasteiger partial charge >= 0.3 is 5.97 Å². The predicted octanol–water partition coefficient (Wildman–Crippen LogP) is 5.66. The van der Waals surface area contributed by atoms with E-state index in [0.717, 1.165) is 12.8 Å². The third-order valence-corrected chi connectivity index (χ3v) is 5.38. The van der Waals surface area contributed by atoms with Crippen LogP contribution in [0.2, 0.25) is 5.02 Å². The number of amides is 1. The predicted molar refractivity (Wildman–Crippen MR) is 142 cm³/mol. The second-order valence-corrected chi connectivity index (χ2v) is 8.41. The maximum atomic E-state index is 12.6. The Hall–Kier alpha value is -4.04. The number of nitrogens with one attached hydrogen (secondary N) is 1. The molecule has 8 nitrogen and oxygen atoms in total. The first-order chi connectivity index (χ1) is 17.9. The lowest BCUT2D eigenvalue weighted by molar-refractivity contribution is -0.127. The van der Waals surface area contributed by atoms with Crippen molar-refractivity contribution in [3.05, 3.63) is 82.9 Å². The van der Waals surface area contributed by atoms with Crippen molar-refractivity contribution in [2.24, 2.45) is 5.10 Å². The average Bonchev–Trinajstić information content (AvgIpc) is 2.91. The lowest BCUT2D eigenvalue weighted by atomic mass is 10.2. The van der Waals surface area contributed by atoms with Crippen molar-refractivity contribution in [3.63, 3.8) is 0 Å². The van der Waals surface area contributed by atoms with E-state index in [1.54, 1.807) is 73.7 Å². The van der Waals surface area contributed by atoms with Crippen molar-refractivity contribution in [3.8, 4) is 23.0 Å². The smallest absolute Gasteiger partial charge is 0.343 e. The number of rotatable bonds is 12. The fourth-order valence-electron chi connectivity index (χ4n) is 3.06. The molecule has 0 aliphatic carbocycles. The first-order valence-corrected chi connectivity index (χ1v) is 12.2. The summed E-state index contributed by atoms with van der Waals surface area (Å²) in [4.78, 5) is 24.8. The van der Waals surface area contributed by atoms with Crippen LogP contribution in [-0.4, -0.2) is 37.9 Å². The molecule has 3 rings (SSSR count). The lowest BCUT2D eigenvalue weighted by Gasteiger charge is -2.13. The van der Waals surface area contributed by atoms with Crippen molar-refractivity contribution in [2.75, 3.05) is 13.7 Å². The van der Waals surface area contributed by atoms with Crippen LogP contribution in [0.1, 0.15) is 42.6 Å². The van der Waals surface area contributed by atoms with Crippen LogP contribution >= 0.6 is 11.6 Å². The number of ether oxygens (including phenoxy) is 4. The Kier molecular flexibility index (Phi) is 10.3. The van der Waals surface area contributed by atoms with E-state index in [1.807, 2.05) is 0 Å². The fourth-order valence-corrected chi connectivity index (χ4v) is 3.19. The zero-order chi connectivity index (χ0) is 26.6. The molecule has 0 bridgehead atoms. The molecule has 0 unspecified atom stereocenters. The highest BCUT2D eigenvalue weighted by Gasteiger charge is 2.15. The Labute approximate surface area is 221 Å². The SMILES string of the molecule is CCCCOc1ccc(C(=O)Oc2ccc(/C=N\NC(=O)[C@@H](C)Oc3ccc(Cl)cc3)cc2OC)cc1. The number of carbonyl (C=O) groups excluding carboxylic acids is 2. The molecule has 0 aliphatic heterocycles. The molecule has 0 fully saturated rings. The van der Waals surface area contributed by atoms with Crippen LogP contribution in [0.4, 0.5) is 0 Å². The number of carbonyl (C=O) groups is 2. The summed E-state index contributed by atoms with van der Waals surface area (Å²) in [7, 11) is 1.47. The number of methoxy groups -OCH3 is 1. The molecule has 1 amide bonds. The summed E-state index contributed by atoms with van der Waals surface area (Å²) < 4.78 is 22.1. The molecular weight excluding hydrogens is 496 g/mol. The van der Waals surface area contributed by atoms with E-state index in [-0.39, 0.29) is 5.75 Å². The molecule has 0 aliphatic rings. The molecule has 0 saturated carbocycles. The molecule has 0 heterocycles. The maximum Gasteiger partial charge on any atom is 0.343 e. The summed E-state index contributed by atoms with van der Waals surface area (Å²) in [5.74, 6) is 0.850. The van der Waals surface area contributed by atoms with Gasteiger partial charge in [0.15, 0.2) is 17.6 Å². The van der Waals surface area contributed by atoms with E-state index in [0.29, 0.717) is 40.0 Å². The zero-order valence-electron chi connectivity index (χ0n) is 20.9. The summed E-state index contributed by atoms with van der Waals surface area (Å²) in [6.07, 6.45) is 2.68. The van der Waals surface area contributed by atoms with Gasteiger partial charge in [-0.05, 0) is 85.6 Å². The van der Waals surface area contributed by atoms with Crippen LogP contribution in [0, 0.1) is 0 Å². The number of esters is 1. The molecule has 3 aromatic carbocycles. The van der Waals surface area contributed by atoms with E-state index in [9.17, 15) is 9.59 Å². The average molecular weight is 525 g/mol. The van der Waals surface area contributed by atoms with Crippen molar-refractivity contribution >= 4 is 29.7 Å². The third kappa shape index (κ3) is 8.54. The molecule has 1 atom stereocenters. The Morgan fingerprint density at radius 2 is 1.70 bits per heavy atom. The maximum absolute atomic E-state index is 12.6. The topological polar surface area (TPSA) is 95.5 Å². The minimum Gasteiger partial charge on any atom is -0.494 e. The van der Waals surface area contributed by atoms with Gasteiger partial charge in [-0.15, -0.1) is 0 Å². The van der Waals surface area contributed by atoms with Crippen molar-refractivity contribution in [2.45, 2.75) is 32.8 Å². The molecule has 0 aromatic heterocycles. The largest absolute Gasteiger partial charge is 0.494 e. The van der Waals surface area contributed by atoms with Crippen LogP contribution in [0.25, 0.3) is 0 Å². The fraction of sp³-hybridized carbons (Fsp3) is 0.250. The number of hydrogen-bond acceptors (Lipinski definition) is 7. The van der Waals surface area contributed by atoms with E-state index >= 15 is 0 Å². The highest BCUT2D eigenvalue weighted by atomic mass is 35.5. The molecule has 9 heteroatoms. The van der Waals surface area contributed by atoms with Crippen molar-refractivity contribution < 1.29 is 28.5 Å². The van der Waals surface area contributed by atoms with Gasteiger partial charge in [0.05, 0.1) is 25.5 Å². The van der Waals surface area contributed by atoms with Gasteiger partial charge in [-0.3, -0.25) is 4.79 Å². The normalized spacial score (nSPS) is 11.6. The van der Waals surface area contributed by atoms with Crippen LogP contribution in [0.15, 0.2) is 71.8 Å². The third-order valence-electron chi connectivity index (χ3n) is 5.13. The monoisotopic (exact) mass is 524 g/mol. The molecule has 0 saturated heterocycles. The quantitative estimate of drug-likeness (QED) is 0.108. The van der Waals surface area contributed by atoms with Crippen LogP contribution in [0.3, 0.4) is 0 Å². The molecule has 1 N–H and O–H groups in total. The number of unbranched alkanes of at least 4 members (excludes halogenated alkanes) is 1. The summed E-state index contributed by atoms with van der Waals surface area (Å²) in [6, 6.07) is 18.4. The molecular formula is C28H29ClN2O6. The van der Waals surface area contributed by atoms with Gasteiger partial charge in [0.25, 0.3) is 5.91 Å². The summed E-state index contributed by atoms with van der Waals surface area (Å²) in [5, 5.41) is 4.54. The van der Waals surface area contributed by atoms with E-state index in [4.69, 9.17) is 30.5 Å². The van der Waals surface area contributed by atoms with Gasteiger partial charge in [0.2, 0.25) is 0 Å². The number of hydrogen-bond donors (Lipinski definition) is 1. The van der Waals surface area contributed by atoms with Gasteiger partial charge < -0.3 is 18.9 Å². The molecule has 0 radical (unpaired) electrons. The van der Waals surface area contributed by atoms with Crippen molar-refractivity contribution in [1.82, 2.24) is 5.43 Å². The number of benzene rings is 3. The standard InChI is InChI=1S/C28H29ClN2O6/c1-4-5-16-35-23-11-7-21(8-12-23)28(33)37-25-15-6-20(17-26(25)34-3)18-30-31-27(32)19(2)36-24-13-9-22(29)10-14-24/h6-15,17-19H,4-5,16H2,1-3H3,(H,31,32)/b30-18-/t19-/m1/s1. The van der Waals surface area contributed by atoms with Gasteiger partial charge in [-0.2, -0.15) is 5.10 Å². The Balaban J connectivity index is 1.55. The van der Waals surface area contributed by atoms with Crippen LogP contribution < -0.4 is 24.4 Å². The first-order valence-electron chi connectivity index (χ1n) is 11.8. The minimum absolute atomic E-state index is 0.252. The van der Waals surface area contributed by atoms with E-state index < -0.39 is 18.0 Å². The highest BCUT2D eigenvalue weighted by molar-refractivity contribution is 6.30. The van der Waals surface area contributed by atoms with E-state index in [1.165, 1.54) is 13.3 Å². The van der Waals surface area contributed by atoms with Gasteiger partial charge in [-0.1, -0.05) is 24.9 Å². The van der Waals surface area contributed by atoms with Crippen LogP contribution in [0.5, 0.6) is 23.0 Å². The Morgan fingerprint density at radius 1 is 1.00 bits per heavy atom. The second kappa shape index (κ2) is 13.9. The summed E-state index contributed by atoms with van der Waals surface area (Å²) in [5.41, 5.74) is 3.44. The lowest BCUT2D eigenvalue weighted by Crippen LogP contribution is -2.33. The number of hydrazone groups is 1. The summed E-state index contributed by atoms with van der Waals surface area (Å²) in [6.45, 7) is 4.33. The van der Waals surface area contributed by atoms with Gasteiger partial charge in [0.1, 0.15) is 11.5 Å². The van der Waals surface area contributed by atoms with Gasteiger partial charge in [-0.25, -0.2) is 10.2 Å². The zero-order valence-corrected chi connectivity index (χ0v) is 21.7. The van der Waals surface area contributed by atoms with Crippen LogP contribution in [-0.2, 0) is 4.79 Å². The highest BCUT2D eigenvalue weighted by Crippen LogP contribution is 2.28. The van der Waals surface area contributed by atoms with E-state index in [2.05, 4.69) is 17.5 Å². The minimum atomic E-state index is -0.772. The Bertz CT molecular complexity index is 1210. The van der Waals surface area contributed by atoms with Crippen molar-refractivity contribution in [1.29, 1.82) is 0 Å². The number of nitrogens with zero attached hydrogens (tertiary/aromatic N) is 1. The molecule has 37 heavy (non-hydrogen) atoms. The first kappa shape index (κ1) is 27.5.